The van der Waals surface area contributed by atoms with Crippen molar-refractivity contribution in [3.8, 4) is 0 Å². The molecule has 0 radical (unpaired) electrons. The first kappa shape index (κ1) is 11.2. The van der Waals surface area contributed by atoms with Gasteiger partial charge < -0.3 is 0 Å². The molecule has 14 heavy (non-hydrogen) atoms. The summed E-state index contributed by atoms with van der Waals surface area (Å²) in [6, 6.07) is 7.07. The van der Waals surface area contributed by atoms with Crippen LogP contribution in [0.25, 0.3) is 0 Å². The smallest absolute Gasteiger partial charge is 0.286 e. The molecule has 0 aliphatic rings. The molecule has 1 nitrogen and oxygen atoms in total. The van der Waals surface area contributed by atoms with Gasteiger partial charge in [0.1, 0.15) is 5.92 Å². The van der Waals surface area contributed by atoms with Crippen LogP contribution in [0.5, 0.6) is 0 Å². The lowest BCUT2D eigenvalue weighted by Gasteiger charge is -2.16. The molecular weight excluding hydrogens is 261 g/mol. The summed E-state index contributed by atoms with van der Waals surface area (Å²) in [4.78, 5) is 10.8. The molecule has 1 rings (SSSR count). The van der Waals surface area contributed by atoms with Crippen LogP contribution >= 0.6 is 15.9 Å². The van der Waals surface area contributed by atoms with Gasteiger partial charge in [0.25, 0.3) is 0 Å². The summed E-state index contributed by atoms with van der Waals surface area (Å²) in [6.07, 6.45) is -4.55. The molecule has 1 atom stereocenters. The Morgan fingerprint density at radius 1 is 1.21 bits per heavy atom. The molecule has 0 aromatic heterocycles. The van der Waals surface area contributed by atoms with Crippen LogP contribution < -0.4 is 0 Å². The van der Waals surface area contributed by atoms with Gasteiger partial charge in [-0.05, 0) is 21.5 Å². The van der Waals surface area contributed by atoms with E-state index < -0.39 is 16.8 Å². The van der Waals surface area contributed by atoms with E-state index in [1.54, 1.807) is 6.07 Å². The van der Waals surface area contributed by atoms with Gasteiger partial charge in [-0.25, -0.2) is 0 Å². The summed E-state index contributed by atoms with van der Waals surface area (Å²) in [5.41, 5.74) is -0.0538. The van der Waals surface area contributed by atoms with Crippen molar-refractivity contribution < 1.29 is 18.0 Å². The fourth-order valence-corrected chi connectivity index (χ4v) is 1.62. The molecule has 1 aromatic rings. The van der Waals surface area contributed by atoms with Crippen molar-refractivity contribution in [3.05, 3.63) is 35.9 Å². The lowest BCUT2D eigenvalue weighted by atomic mass is 10.0. The molecule has 0 saturated heterocycles. The second kappa shape index (κ2) is 4.13. The number of carbonyl (C=O) groups is 1. The van der Waals surface area contributed by atoms with Crippen LogP contribution in [0.1, 0.15) is 11.5 Å². The number of halogens is 4. The minimum Gasteiger partial charge on any atom is -0.286 e. The number of alkyl halides is 3. The van der Waals surface area contributed by atoms with Gasteiger partial charge in [0.2, 0.25) is 4.69 Å². The molecule has 0 aliphatic carbocycles. The second-order valence-electron chi connectivity index (χ2n) is 2.69. The predicted molar refractivity (Wildman–Crippen MR) is 49.2 cm³/mol. The van der Waals surface area contributed by atoms with Crippen molar-refractivity contribution in [2.75, 3.05) is 0 Å². The molecule has 0 spiro atoms. The van der Waals surface area contributed by atoms with E-state index in [2.05, 4.69) is 15.9 Å². The Balaban J connectivity index is 3.08. The molecule has 0 aliphatic heterocycles. The average molecular weight is 267 g/mol. The molecule has 76 valence electrons. The first-order valence-electron chi connectivity index (χ1n) is 3.74. The van der Waals surface area contributed by atoms with Crippen molar-refractivity contribution in [3.63, 3.8) is 0 Å². The van der Waals surface area contributed by atoms with Gasteiger partial charge in [0.05, 0.1) is 0 Å². The maximum absolute atomic E-state index is 12.4. The van der Waals surface area contributed by atoms with Crippen LogP contribution in [-0.2, 0) is 4.79 Å². The predicted octanol–water partition coefficient (Wildman–Crippen LogP) is 3.25. The van der Waals surface area contributed by atoms with E-state index in [0.29, 0.717) is 0 Å². The van der Waals surface area contributed by atoms with Gasteiger partial charge >= 0.3 is 6.18 Å². The highest BCUT2D eigenvalue weighted by Gasteiger charge is 2.44. The van der Waals surface area contributed by atoms with E-state index in [1.807, 2.05) is 0 Å². The van der Waals surface area contributed by atoms with Crippen molar-refractivity contribution in [1.29, 1.82) is 0 Å². The average Bonchev–Trinajstić information content (AvgIpc) is 2.02. The van der Waals surface area contributed by atoms with Gasteiger partial charge in [-0.1, -0.05) is 30.3 Å². The number of hydrogen-bond acceptors (Lipinski definition) is 1. The standard InChI is InChI=1S/C9H6BrF3O/c10-8(14)7(9(11,12)13)6-4-2-1-3-5-6/h1-5,7H. The third-order valence-electron chi connectivity index (χ3n) is 1.69. The van der Waals surface area contributed by atoms with Crippen LogP contribution in [0.15, 0.2) is 30.3 Å². The van der Waals surface area contributed by atoms with Crippen molar-refractivity contribution >= 4 is 20.6 Å². The quantitative estimate of drug-likeness (QED) is 0.751. The molecule has 0 bridgehead atoms. The summed E-state index contributed by atoms with van der Waals surface area (Å²) in [6.45, 7) is 0. The first-order valence-corrected chi connectivity index (χ1v) is 4.53. The summed E-state index contributed by atoms with van der Waals surface area (Å²) < 4.78 is 36.1. The Morgan fingerprint density at radius 2 is 1.71 bits per heavy atom. The third-order valence-corrected chi connectivity index (χ3v) is 2.15. The fraction of sp³-hybridized carbons (Fsp3) is 0.222. The van der Waals surface area contributed by atoms with Crippen LogP contribution in [0.3, 0.4) is 0 Å². The highest BCUT2D eigenvalue weighted by molar-refractivity contribution is 9.18. The van der Waals surface area contributed by atoms with E-state index in [1.165, 1.54) is 24.3 Å². The summed E-state index contributed by atoms with van der Waals surface area (Å²) >= 11 is 2.35. The SMILES string of the molecule is O=C(Br)C(c1ccccc1)C(F)(F)F. The van der Waals surface area contributed by atoms with Gasteiger partial charge in [-0.2, -0.15) is 13.2 Å². The normalized spacial score (nSPS) is 13.7. The third kappa shape index (κ3) is 2.57. The Morgan fingerprint density at radius 3 is 2.07 bits per heavy atom. The second-order valence-corrected chi connectivity index (χ2v) is 3.47. The minimum absolute atomic E-state index is 0.0538. The van der Waals surface area contributed by atoms with Gasteiger partial charge in [-0.15, -0.1) is 0 Å². The van der Waals surface area contributed by atoms with E-state index in [9.17, 15) is 18.0 Å². The molecular formula is C9H6BrF3O. The van der Waals surface area contributed by atoms with E-state index in [4.69, 9.17) is 0 Å². The maximum atomic E-state index is 12.4. The fourth-order valence-electron chi connectivity index (χ4n) is 1.09. The highest BCUT2D eigenvalue weighted by atomic mass is 79.9. The van der Waals surface area contributed by atoms with Gasteiger partial charge in [0.15, 0.2) is 0 Å². The van der Waals surface area contributed by atoms with Crippen LogP contribution in [0, 0.1) is 0 Å². The Bertz CT molecular complexity index is 321. The van der Waals surface area contributed by atoms with Gasteiger partial charge in [0, 0.05) is 0 Å². The molecule has 0 fully saturated rings. The maximum Gasteiger partial charge on any atom is 0.403 e. The zero-order chi connectivity index (χ0) is 10.8. The molecule has 0 heterocycles. The summed E-state index contributed by atoms with van der Waals surface area (Å²) in [5.74, 6) is -2.08. The molecule has 1 unspecified atom stereocenters. The highest BCUT2D eigenvalue weighted by Crippen LogP contribution is 2.36. The topological polar surface area (TPSA) is 17.1 Å². The Hall–Kier alpha value is -0.840. The molecule has 0 amide bonds. The lowest BCUT2D eigenvalue weighted by molar-refractivity contribution is -0.157. The first-order chi connectivity index (χ1) is 6.43. The Kier molecular flexibility index (Phi) is 3.31. The molecule has 0 N–H and O–H groups in total. The lowest BCUT2D eigenvalue weighted by Crippen LogP contribution is -2.25. The van der Waals surface area contributed by atoms with Crippen molar-refractivity contribution in [1.82, 2.24) is 0 Å². The monoisotopic (exact) mass is 266 g/mol. The molecule has 5 heteroatoms. The van der Waals surface area contributed by atoms with E-state index >= 15 is 0 Å². The van der Waals surface area contributed by atoms with Crippen LogP contribution in [0.2, 0.25) is 0 Å². The van der Waals surface area contributed by atoms with Crippen molar-refractivity contribution in [2.45, 2.75) is 12.1 Å². The number of hydrogen-bond donors (Lipinski definition) is 0. The zero-order valence-electron chi connectivity index (χ0n) is 6.88. The molecule has 1 aromatic carbocycles. The largest absolute Gasteiger partial charge is 0.403 e. The van der Waals surface area contributed by atoms with Gasteiger partial charge in [-0.3, -0.25) is 4.79 Å². The minimum atomic E-state index is -4.55. The zero-order valence-corrected chi connectivity index (χ0v) is 8.47. The number of carbonyl (C=O) groups excluding carboxylic acids is 1. The summed E-state index contributed by atoms with van der Waals surface area (Å²) in [7, 11) is 0. The summed E-state index contributed by atoms with van der Waals surface area (Å²) in [5, 5.41) is 0. The van der Waals surface area contributed by atoms with E-state index in [-0.39, 0.29) is 5.56 Å². The number of benzene rings is 1. The van der Waals surface area contributed by atoms with Crippen molar-refractivity contribution in [2.24, 2.45) is 0 Å². The number of rotatable bonds is 2. The van der Waals surface area contributed by atoms with Crippen LogP contribution in [0.4, 0.5) is 13.2 Å². The Labute approximate surface area is 87.1 Å². The molecule has 0 saturated carbocycles. The van der Waals surface area contributed by atoms with E-state index in [0.717, 1.165) is 0 Å². The van der Waals surface area contributed by atoms with Crippen LogP contribution in [-0.4, -0.2) is 10.9 Å².